The summed E-state index contributed by atoms with van der Waals surface area (Å²) in [5, 5.41) is 0. The Hall–Kier alpha value is -1.26. The minimum absolute atomic E-state index is 0.0979. The van der Waals surface area contributed by atoms with Gasteiger partial charge in [-0.15, -0.1) is 0 Å². The molecule has 1 rings (SSSR count). The summed E-state index contributed by atoms with van der Waals surface area (Å²) >= 11 is 0. The summed E-state index contributed by atoms with van der Waals surface area (Å²) in [5.41, 5.74) is -0.519. The summed E-state index contributed by atoms with van der Waals surface area (Å²) in [6, 6.07) is 0.0979. The van der Waals surface area contributed by atoms with Gasteiger partial charge in [0.25, 0.3) is 0 Å². The second-order valence-electron chi connectivity index (χ2n) is 5.78. The SMILES string of the molecule is COC(=O)C1CC[C@H](C)N(C(=O)OC(C)(C)C)C1. The zero-order chi connectivity index (χ0) is 13.9. The maximum absolute atomic E-state index is 12.0. The first-order valence-corrected chi connectivity index (χ1v) is 6.32. The molecule has 104 valence electrons. The average molecular weight is 257 g/mol. The number of methoxy groups -OCH3 is 1. The standard InChI is InChI=1S/C13H23NO4/c1-9-6-7-10(11(15)17-5)8-14(9)12(16)18-13(2,3)4/h9-10H,6-8H2,1-5H3/t9-,10?/m0/s1. The van der Waals surface area contributed by atoms with Crippen LogP contribution in [-0.4, -0.2) is 42.3 Å². The first kappa shape index (κ1) is 14.8. The van der Waals surface area contributed by atoms with Crippen molar-refractivity contribution in [3.63, 3.8) is 0 Å². The van der Waals surface area contributed by atoms with E-state index in [-0.39, 0.29) is 24.0 Å². The van der Waals surface area contributed by atoms with Crippen molar-refractivity contribution in [1.82, 2.24) is 4.90 Å². The highest BCUT2D eigenvalue weighted by Gasteiger charge is 2.35. The van der Waals surface area contributed by atoms with Gasteiger partial charge in [-0.25, -0.2) is 4.79 Å². The zero-order valence-electron chi connectivity index (χ0n) is 11.9. The highest BCUT2D eigenvalue weighted by atomic mass is 16.6. The number of piperidine rings is 1. The van der Waals surface area contributed by atoms with E-state index in [2.05, 4.69) is 0 Å². The molecule has 1 fully saturated rings. The second-order valence-corrected chi connectivity index (χ2v) is 5.78. The van der Waals surface area contributed by atoms with E-state index in [9.17, 15) is 9.59 Å². The molecule has 5 nitrogen and oxygen atoms in total. The van der Waals surface area contributed by atoms with Crippen LogP contribution in [0, 0.1) is 5.92 Å². The van der Waals surface area contributed by atoms with Gasteiger partial charge >= 0.3 is 12.1 Å². The summed E-state index contributed by atoms with van der Waals surface area (Å²) in [7, 11) is 1.37. The van der Waals surface area contributed by atoms with Gasteiger partial charge < -0.3 is 14.4 Å². The molecule has 18 heavy (non-hydrogen) atoms. The Bertz CT molecular complexity index is 321. The first-order valence-electron chi connectivity index (χ1n) is 6.32. The first-order chi connectivity index (χ1) is 8.24. The Balaban J connectivity index is 2.67. The molecular formula is C13H23NO4. The molecule has 0 aromatic rings. The molecule has 0 saturated carbocycles. The summed E-state index contributed by atoms with van der Waals surface area (Å²) in [4.78, 5) is 25.2. The van der Waals surface area contributed by atoms with Crippen molar-refractivity contribution in [3.8, 4) is 0 Å². The molecule has 2 atom stereocenters. The fraction of sp³-hybridized carbons (Fsp3) is 0.846. The summed E-state index contributed by atoms with van der Waals surface area (Å²) in [6.45, 7) is 7.84. The van der Waals surface area contributed by atoms with Gasteiger partial charge in [-0.05, 0) is 40.5 Å². The minimum Gasteiger partial charge on any atom is -0.469 e. The molecule has 0 spiro atoms. The highest BCUT2D eigenvalue weighted by molar-refractivity contribution is 5.75. The summed E-state index contributed by atoms with van der Waals surface area (Å²) in [5.74, 6) is -0.492. The molecule has 5 heteroatoms. The van der Waals surface area contributed by atoms with Crippen LogP contribution in [0.4, 0.5) is 4.79 Å². The van der Waals surface area contributed by atoms with Gasteiger partial charge in [-0.1, -0.05) is 0 Å². The second kappa shape index (κ2) is 5.59. The minimum atomic E-state index is -0.519. The van der Waals surface area contributed by atoms with E-state index in [1.54, 1.807) is 4.90 Å². The normalized spacial score (nSPS) is 24.6. The predicted octanol–water partition coefficient (Wildman–Crippen LogP) is 2.20. The smallest absolute Gasteiger partial charge is 0.410 e. The van der Waals surface area contributed by atoms with Crippen molar-refractivity contribution in [2.24, 2.45) is 5.92 Å². The largest absolute Gasteiger partial charge is 0.469 e. The molecule has 1 aliphatic heterocycles. The monoisotopic (exact) mass is 257 g/mol. The van der Waals surface area contributed by atoms with E-state index in [1.165, 1.54) is 7.11 Å². The van der Waals surface area contributed by atoms with E-state index in [1.807, 2.05) is 27.7 Å². The van der Waals surface area contributed by atoms with Crippen LogP contribution in [-0.2, 0) is 14.3 Å². The van der Waals surface area contributed by atoms with Gasteiger partial charge in [0.05, 0.1) is 13.0 Å². The van der Waals surface area contributed by atoms with Crippen LogP contribution in [0.2, 0.25) is 0 Å². The number of likely N-dealkylation sites (tertiary alicyclic amines) is 1. The summed E-state index contributed by atoms with van der Waals surface area (Å²) in [6.07, 6.45) is 1.19. The van der Waals surface area contributed by atoms with Crippen molar-refractivity contribution >= 4 is 12.1 Å². The van der Waals surface area contributed by atoms with Crippen molar-refractivity contribution in [3.05, 3.63) is 0 Å². The van der Waals surface area contributed by atoms with Gasteiger partial charge in [-0.3, -0.25) is 4.79 Å². The molecule has 0 N–H and O–H groups in total. The molecule has 0 bridgehead atoms. The van der Waals surface area contributed by atoms with Crippen molar-refractivity contribution in [2.45, 2.75) is 52.2 Å². The zero-order valence-corrected chi connectivity index (χ0v) is 11.9. The third kappa shape index (κ3) is 3.89. The van der Waals surface area contributed by atoms with Crippen LogP contribution in [0.25, 0.3) is 0 Å². The molecule has 0 aliphatic carbocycles. The number of carbonyl (C=O) groups excluding carboxylic acids is 2. The molecule has 1 aliphatic rings. The van der Waals surface area contributed by atoms with Crippen LogP contribution in [0.15, 0.2) is 0 Å². The van der Waals surface area contributed by atoms with Gasteiger partial charge in [-0.2, -0.15) is 0 Å². The number of hydrogen-bond acceptors (Lipinski definition) is 4. The fourth-order valence-electron chi connectivity index (χ4n) is 2.04. The third-order valence-corrected chi connectivity index (χ3v) is 3.04. The topological polar surface area (TPSA) is 55.8 Å². The summed E-state index contributed by atoms with van der Waals surface area (Å²) < 4.78 is 10.1. The van der Waals surface area contributed by atoms with Crippen LogP contribution in [0.1, 0.15) is 40.5 Å². The maximum atomic E-state index is 12.0. The molecular weight excluding hydrogens is 234 g/mol. The van der Waals surface area contributed by atoms with Crippen LogP contribution >= 0.6 is 0 Å². The number of nitrogens with zero attached hydrogens (tertiary/aromatic N) is 1. The lowest BCUT2D eigenvalue weighted by Gasteiger charge is -2.37. The van der Waals surface area contributed by atoms with Gasteiger partial charge in [0, 0.05) is 12.6 Å². The molecule has 0 radical (unpaired) electrons. The highest BCUT2D eigenvalue weighted by Crippen LogP contribution is 2.24. The van der Waals surface area contributed by atoms with Crippen molar-refractivity contribution in [2.75, 3.05) is 13.7 Å². The number of amides is 1. The van der Waals surface area contributed by atoms with Gasteiger partial charge in [0.2, 0.25) is 0 Å². The molecule has 1 amide bonds. The van der Waals surface area contributed by atoms with Crippen LogP contribution < -0.4 is 0 Å². The predicted molar refractivity (Wildman–Crippen MR) is 67.1 cm³/mol. The number of carbonyl (C=O) groups is 2. The Morgan fingerprint density at radius 1 is 1.22 bits per heavy atom. The number of ether oxygens (including phenoxy) is 2. The number of esters is 1. The lowest BCUT2D eigenvalue weighted by Crippen LogP contribution is -2.49. The van der Waals surface area contributed by atoms with Crippen LogP contribution in [0.5, 0.6) is 0 Å². The molecule has 0 aromatic carbocycles. The Morgan fingerprint density at radius 2 is 1.83 bits per heavy atom. The Morgan fingerprint density at radius 3 is 2.33 bits per heavy atom. The molecule has 0 aromatic heterocycles. The van der Waals surface area contributed by atoms with Crippen molar-refractivity contribution in [1.29, 1.82) is 0 Å². The third-order valence-electron chi connectivity index (χ3n) is 3.04. The van der Waals surface area contributed by atoms with Gasteiger partial charge in [0.15, 0.2) is 0 Å². The van der Waals surface area contributed by atoms with E-state index < -0.39 is 5.60 Å². The maximum Gasteiger partial charge on any atom is 0.410 e. The van der Waals surface area contributed by atoms with E-state index in [4.69, 9.17) is 9.47 Å². The quantitative estimate of drug-likeness (QED) is 0.676. The number of rotatable bonds is 1. The van der Waals surface area contributed by atoms with E-state index in [0.29, 0.717) is 6.54 Å². The van der Waals surface area contributed by atoms with E-state index >= 15 is 0 Å². The molecule has 1 saturated heterocycles. The number of hydrogen-bond donors (Lipinski definition) is 0. The molecule has 1 unspecified atom stereocenters. The van der Waals surface area contributed by atoms with Crippen LogP contribution in [0.3, 0.4) is 0 Å². The Labute approximate surface area is 108 Å². The fourth-order valence-corrected chi connectivity index (χ4v) is 2.04. The molecule has 1 heterocycles. The Kier molecular flexibility index (Phi) is 4.59. The van der Waals surface area contributed by atoms with E-state index in [0.717, 1.165) is 12.8 Å². The van der Waals surface area contributed by atoms with Crippen molar-refractivity contribution < 1.29 is 19.1 Å². The average Bonchev–Trinajstić information content (AvgIpc) is 2.26. The van der Waals surface area contributed by atoms with Gasteiger partial charge in [0.1, 0.15) is 5.60 Å². The lowest BCUT2D eigenvalue weighted by atomic mass is 9.94. The lowest BCUT2D eigenvalue weighted by molar-refractivity contribution is -0.147.